The van der Waals surface area contributed by atoms with E-state index in [4.69, 9.17) is 10.5 Å². The molecular formula is C16H22N2O2. The van der Waals surface area contributed by atoms with Gasteiger partial charge in [0.1, 0.15) is 0 Å². The minimum absolute atomic E-state index is 0.0811. The zero-order valence-electron chi connectivity index (χ0n) is 11.8. The average molecular weight is 274 g/mol. The normalized spacial score (nSPS) is 27.1. The Kier molecular flexibility index (Phi) is 3.76. The summed E-state index contributed by atoms with van der Waals surface area (Å²) in [5.41, 5.74) is 7.42. The summed E-state index contributed by atoms with van der Waals surface area (Å²) in [4.78, 5) is 14.4. The molecule has 0 aromatic heterocycles. The zero-order valence-corrected chi connectivity index (χ0v) is 11.8. The first-order valence-corrected chi connectivity index (χ1v) is 7.35. The van der Waals surface area contributed by atoms with Crippen LogP contribution >= 0.6 is 0 Å². The maximum atomic E-state index is 12.4. The van der Waals surface area contributed by atoms with Crippen LogP contribution in [0.4, 0.5) is 0 Å². The van der Waals surface area contributed by atoms with Gasteiger partial charge in [0.15, 0.2) is 0 Å². The summed E-state index contributed by atoms with van der Waals surface area (Å²) in [5.74, 6) is 0.0811. The molecule has 1 aromatic rings. The molecule has 0 aliphatic carbocycles. The van der Waals surface area contributed by atoms with Gasteiger partial charge < -0.3 is 15.4 Å². The monoisotopic (exact) mass is 274 g/mol. The number of ether oxygens (including phenoxy) is 1. The number of hydrogen-bond acceptors (Lipinski definition) is 3. The predicted molar refractivity (Wildman–Crippen MR) is 77.2 cm³/mol. The zero-order chi connectivity index (χ0) is 14.0. The van der Waals surface area contributed by atoms with Crippen molar-refractivity contribution in [3.63, 3.8) is 0 Å². The number of hydrogen-bond donors (Lipinski definition) is 1. The van der Waals surface area contributed by atoms with Gasteiger partial charge in [0.2, 0.25) is 5.91 Å². The van der Waals surface area contributed by atoms with Crippen molar-refractivity contribution >= 4 is 5.91 Å². The first-order chi connectivity index (χ1) is 9.69. The Hall–Kier alpha value is -1.39. The highest BCUT2D eigenvalue weighted by atomic mass is 16.5. The van der Waals surface area contributed by atoms with Gasteiger partial charge in [0.25, 0.3) is 0 Å². The second-order valence-corrected chi connectivity index (χ2v) is 6.11. The molecule has 0 unspecified atom stereocenters. The lowest BCUT2D eigenvalue weighted by atomic mass is 9.87. The Morgan fingerprint density at radius 1 is 1.35 bits per heavy atom. The molecule has 2 atom stereocenters. The number of carbonyl (C=O) groups excluding carboxylic acids is 1. The van der Waals surface area contributed by atoms with E-state index in [0.717, 1.165) is 44.7 Å². The third-order valence-electron chi connectivity index (χ3n) is 4.55. The Labute approximate surface area is 119 Å². The van der Waals surface area contributed by atoms with Gasteiger partial charge >= 0.3 is 0 Å². The van der Waals surface area contributed by atoms with E-state index in [1.54, 1.807) is 0 Å². The Balaban J connectivity index is 1.59. The van der Waals surface area contributed by atoms with Crippen LogP contribution in [0.15, 0.2) is 30.3 Å². The molecule has 2 N–H and O–H groups in total. The van der Waals surface area contributed by atoms with E-state index in [9.17, 15) is 4.79 Å². The lowest BCUT2D eigenvalue weighted by Gasteiger charge is -2.24. The molecule has 20 heavy (non-hydrogen) atoms. The third-order valence-corrected chi connectivity index (χ3v) is 4.55. The molecule has 4 heteroatoms. The SMILES string of the molecule is N[C@@H](Cc1ccccc1)C(=O)N1CC[C@]2(CCOC2)C1. The van der Waals surface area contributed by atoms with Crippen LogP contribution in [0.5, 0.6) is 0 Å². The van der Waals surface area contributed by atoms with Crippen LogP contribution < -0.4 is 5.73 Å². The van der Waals surface area contributed by atoms with Crippen molar-refractivity contribution in [2.24, 2.45) is 11.1 Å². The van der Waals surface area contributed by atoms with Crippen molar-refractivity contribution in [2.75, 3.05) is 26.3 Å². The lowest BCUT2D eigenvalue weighted by Crippen LogP contribution is -2.44. The van der Waals surface area contributed by atoms with Gasteiger partial charge in [-0.25, -0.2) is 0 Å². The van der Waals surface area contributed by atoms with Crippen LogP contribution in [-0.4, -0.2) is 43.2 Å². The largest absolute Gasteiger partial charge is 0.381 e. The van der Waals surface area contributed by atoms with Crippen LogP contribution in [0, 0.1) is 5.41 Å². The second kappa shape index (κ2) is 5.54. The molecular weight excluding hydrogens is 252 g/mol. The number of likely N-dealkylation sites (tertiary alicyclic amines) is 1. The summed E-state index contributed by atoms with van der Waals surface area (Å²) in [6, 6.07) is 9.53. The lowest BCUT2D eigenvalue weighted by molar-refractivity contribution is -0.131. The molecule has 2 heterocycles. The van der Waals surface area contributed by atoms with Gasteiger partial charge in [0.05, 0.1) is 12.6 Å². The standard InChI is InChI=1S/C16H22N2O2/c17-14(10-13-4-2-1-3-5-13)15(19)18-8-6-16(11-18)7-9-20-12-16/h1-5,14H,6-12,17H2/t14-,16-/m0/s1. The highest BCUT2D eigenvalue weighted by Gasteiger charge is 2.43. The van der Waals surface area contributed by atoms with Gasteiger partial charge in [-0.1, -0.05) is 30.3 Å². The molecule has 1 aromatic carbocycles. The summed E-state index contributed by atoms with van der Waals surface area (Å²) in [6.07, 6.45) is 2.74. The quantitative estimate of drug-likeness (QED) is 0.901. The van der Waals surface area contributed by atoms with Crippen LogP contribution in [0.1, 0.15) is 18.4 Å². The topological polar surface area (TPSA) is 55.6 Å². The van der Waals surface area contributed by atoms with Crippen molar-refractivity contribution in [3.8, 4) is 0 Å². The van der Waals surface area contributed by atoms with Crippen LogP contribution in [0.2, 0.25) is 0 Å². The maximum absolute atomic E-state index is 12.4. The van der Waals surface area contributed by atoms with Gasteiger partial charge in [-0.15, -0.1) is 0 Å². The summed E-state index contributed by atoms with van der Waals surface area (Å²) in [6.45, 7) is 3.27. The highest BCUT2D eigenvalue weighted by molar-refractivity contribution is 5.82. The second-order valence-electron chi connectivity index (χ2n) is 6.11. The molecule has 1 amide bonds. The first kappa shape index (κ1) is 13.6. The fourth-order valence-electron chi connectivity index (χ4n) is 3.28. The molecule has 0 radical (unpaired) electrons. The summed E-state index contributed by atoms with van der Waals surface area (Å²) >= 11 is 0. The molecule has 1 spiro atoms. The van der Waals surface area contributed by atoms with Crippen molar-refractivity contribution in [1.29, 1.82) is 0 Å². The summed E-state index contributed by atoms with van der Waals surface area (Å²) < 4.78 is 5.50. The van der Waals surface area contributed by atoms with E-state index in [2.05, 4.69) is 0 Å². The molecule has 2 aliphatic heterocycles. The average Bonchev–Trinajstić information content (AvgIpc) is 3.10. The van der Waals surface area contributed by atoms with Crippen molar-refractivity contribution in [2.45, 2.75) is 25.3 Å². The third kappa shape index (κ3) is 2.72. The summed E-state index contributed by atoms with van der Waals surface area (Å²) in [5, 5.41) is 0. The fourth-order valence-corrected chi connectivity index (χ4v) is 3.28. The number of rotatable bonds is 3. The highest BCUT2D eigenvalue weighted by Crippen LogP contribution is 2.38. The number of carbonyl (C=O) groups is 1. The number of nitrogens with zero attached hydrogens (tertiary/aromatic N) is 1. The molecule has 4 nitrogen and oxygen atoms in total. The predicted octanol–water partition coefficient (Wildman–Crippen LogP) is 1.20. The summed E-state index contributed by atoms with van der Waals surface area (Å²) in [7, 11) is 0. The Morgan fingerprint density at radius 3 is 2.85 bits per heavy atom. The molecule has 2 aliphatic rings. The van der Waals surface area contributed by atoms with E-state index in [0.29, 0.717) is 6.42 Å². The smallest absolute Gasteiger partial charge is 0.239 e. The van der Waals surface area contributed by atoms with Crippen LogP contribution in [0.25, 0.3) is 0 Å². The fraction of sp³-hybridized carbons (Fsp3) is 0.562. The van der Waals surface area contributed by atoms with Gasteiger partial charge in [-0.05, 0) is 24.8 Å². The number of amides is 1. The number of nitrogens with two attached hydrogens (primary N) is 1. The first-order valence-electron chi connectivity index (χ1n) is 7.35. The Morgan fingerprint density at radius 2 is 2.15 bits per heavy atom. The van der Waals surface area contributed by atoms with E-state index in [1.807, 2.05) is 35.2 Å². The van der Waals surface area contributed by atoms with Gasteiger partial charge in [-0.2, -0.15) is 0 Å². The molecule has 2 saturated heterocycles. The molecule has 0 saturated carbocycles. The van der Waals surface area contributed by atoms with E-state index < -0.39 is 6.04 Å². The molecule has 0 bridgehead atoms. The van der Waals surface area contributed by atoms with Gasteiger partial charge in [0, 0.05) is 25.1 Å². The van der Waals surface area contributed by atoms with Crippen LogP contribution in [-0.2, 0) is 16.0 Å². The number of benzene rings is 1. The van der Waals surface area contributed by atoms with Crippen molar-refractivity contribution < 1.29 is 9.53 Å². The van der Waals surface area contributed by atoms with E-state index in [1.165, 1.54) is 0 Å². The van der Waals surface area contributed by atoms with Crippen molar-refractivity contribution in [3.05, 3.63) is 35.9 Å². The van der Waals surface area contributed by atoms with Gasteiger partial charge in [-0.3, -0.25) is 4.79 Å². The molecule has 2 fully saturated rings. The molecule has 3 rings (SSSR count). The minimum Gasteiger partial charge on any atom is -0.381 e. The van der Waals surface area contributed by atoms with E-state index in [-0.39, 0.29) is 11.3 Å². The minimum atomic E-state index is -0.435. The van der Waals surface area contributed by atoms with Crippen molar-refractivity contribution in [1.82, 2.24) is 4.90 Å². The maximum Gasteiger partial charge on any atom is 0.239 e. The van der Waals surface area contributed by atoms with E-state index >= 15 is 0 Å². The van der Waals surface area contributed by atoms with Crippen LogP contribution in [0.3, 0.4) is 0 Å². The Bertz CT molecular complexity index is 469. The molecule has 108 valence electrons.